The van der Waals surface area contributed by atoms with Gasteiger partial charge in [0.2, 0.25) is 0 Å². The molecule has 234 valence electrons. The van der Waals surface area contributed by atoms with Crippen LogP contribution in [0.25, 0.3) is 0 Å². The molecule has 0 saturated heterocycles. The van der Waals surface area contributed by atoms with E-state index in [-0.39, 0.29) is 31.0 Å². The maximum atomic E-state index is 10.4. The van der Waals surface area contributed by atoms with Crippen molar-refractivity contribution < 1.29 is 42.9 Å². The molecule has 9 heteroatoms. The number of carboxylic acid groups (broad SMARTS) is 3. The molecule has 0 aliphatic rings. The highest BCUT2D eigenvalue weighted by Crippen LogP contribution is 2.10. The Morgan fingerprint density at radius 2 is 0.585 bits per heavy atom. The van der Waals surface area contributed by atoms with Crippen molar-refractivity contribution in [3.8, 4) is 0 Å². The average Bonchev–Trinajstić information content (AvgIpc) is 2.98. The van der Waals surface area contributed by atoms with Gasteiger partial charge in [-0.25, -0.2) is 0 Å². The maximum absolute atomic E-state index is 10.4. The van der Waals surface area contributed by atoms with E-state index in [9.17, 15) is 42.9 Å². The fourth-order valence-corrected chi connectivity index (χ4v) is 1.72. The van der Waals surface area contributed by atoms with Gasteiger partial charge in [-0.2, -0.15) is 13.2 Å². The second kappa shape index (κ2) is 35.9. The zero-order valence-electron chi connectivity index (χ0n) is 24.7. The molecule has 0 unspecified atom stereocenters. The third-order valence-corrected chi connectivity index (χ3v) is 3.03. The fraction of sp³-hybridized carbons (Fsp3) is 0.344. The van der Waals surface area contributed by atoms with Crippen LogP contribution in [0.15, 0.2) is 91.0 Å². The first-order chi connectivity index (χ1) is 18.9. The standard InChI is InChI=1S/3C7H6O2.C2H3F3.4C2H6.CH4/c3*8-7(9)6-4-2-1-3-5-6;1-2(3,4)5;4*1-2;/h3*1-5H,(H,8,9);1H3;4*1-2H3;1H4/p-3. The van der Waals surface area contributed by atoms with Gasteiger partial charge in [0.15, 0.2) is 0 Å². The Morgan fingerprint density at radius 3 is 0.659 bits per heavy atom. The van der Waals surface area contributed by atoms with Gasteiger partial charge in [-0.1, -0.05) is 154 Å². The van der Waals surface area contributed by atoms with E-state index in [0.29, 0.717) is 0 Å². The Balaban J connectivity index is -0.0000000925. The molecule has 0 N–H and O–H groups in total. The Bertz CT molecular complexity index is 824. The molecule has 0 spiro atoms. The van der Waals surface area contributed by atoms with Crippen molar-refractivity contribution in [3.05, 3.63) is 108 Å². The smallest absolute Gasteiger partial charge is 0.386 e. The maximum Gasteiger partial charge on any atom is 0.386 e. The summed E-state index contributed by atoms with van der Waals surface area (Å²) >= 11 is 0. The number of hydrogen-bond donors (Lipinski definition) is 0. The van der Waals surface area contributed by atoms with Gasteiger partial charge >= 0.3 is 6.18 Å². The van der Waals surface area contributed by atoms with Crippen LogP contribution in [0.1, 0.15) is 101 Å². The second-order valence-corrected chi connectivity index (χ2v) is 5.74. The molecular formula is C32H46F3O6-3. The van der Waals surface area contributed by atoms with Crippen LogP contribution in [-0.4, -0.2) is 24.1 Å². The molecule has 0 aliphatic heterocycles. The Hall–Kier alpha value is -4.14. The molecule has 3 rings (SSSR count). The molecule has 0 saturated carbocycles. The van der Waals surface area contributed by atoms with Gasteiger partial charge in [0, 0.05) is 6.92 Å². The lowest BCUT2D eigenvalue weighted by molar-refractivity contribution is -0.256. The summed E-state index contributed by atoms with van der Waals surface area (Å²) in [5.41, 5.74) is 0.660. The SMILES string of the molecule is C.CC.CC.CC.CC.CC(F)(F)F.O=C([O-])c1ccccc1.O=C([O-])c1ccccc1.O=C([O-])c1ccccc1. The summed E-state index contributed by atoms with van der Waals surface area (Å²) in [7, 11) is 0. The number of carbonyl (C=O) groups excluding carboxylic acids is 3. The zero-order chi connectivity index (χ0) is 32.6. The first-order valence-corrected chi connectivity index (χ1v) is 12.8. The van der Waals surface area contributed by atoms with E-state index in [0.717, 1.165) is 0 Å². The van der Waals surface area contributed by atoms with Gasteiger partial charge < -0.3 is 29.7 Å². The summed E-state index contributed by atoms with van der Waals surface area (Å²) in [6.07, 6.45) is -4.00. The monoisotopic (exact) mass is 583 g/mol. The van der Waals surface area contributed by atoms with Crippen molar-refractivity contribution >= 4 is 17.9 Å². The number of hydrogen-bond acceptors (Lipinski definition) is 6. The summed E-state index contributed by atoms with van der Waals surface area (Å²) in [5.74, 6) is -3.39. The molecule has 0 aromatic heterocycles. The first kappa shape index (κ1) is 49.8. The predicted molar refractivity (Wildman–Crippen MR) is 156 cm³/mol. The largest absolute Gasteiger partial charge is 0.545 e. The topological polar surface area (TPSA) is 120 Å². The quantitative estimate of drug-likeness (QED) is 0.349. The highest BCUT2D eigenvalue weighted by molar-refractivity contribution is 5.86. The number of benzene rings is 3. The van der Waals surface area contributed by atoms with Gasteiger partial charge in [0.05, 0.1) is 17.9 Å². The van der Waals surface area contributed by atoms with Crippen LogP contribution in [0.4, 0.5) is 13.2 Å². The number of carbonyl (C=O) groups is 3. The van der Waals surface area contributed by atoms with E-state index in [2.05, 4.69) is 0 Å². The minimum Gasteiger partial charge on any atom is -0.545 e. The van der Waals surface area contributed by atoms with Crippen LogP contribution in [0, 0.1) is 0 Å². The normalized spacial score (nSPS) is 7.90. The Kier molecular flexibility index (Phi) is 43.5. The number of halogens is 3. The van der Waals surface area contributed by atoms with Gasteiger partial charge in [0.1, 0.15) is 0 Å². The van der Waals surface area contributed by atoms with Crippen molar-refractivity contribution in [1.82, 2.24) is 0 Å². The van der Waals surface area contributed by atoms with Crippen LogP contribution < -0.4 is 15.3 Å². The van der Waals surface area contributed by atoms with Gasteiger partial charge in [-0.3, -0.25) is 0 Å². The molecule has 3 aromatic rings. The van der Waals surface area contributed by atoms with Crippen molar-refractivity contribution in [2.45, 2.75) is 75.9 Å². The molecule has 0 heterocycles. The van der Waals surface area contributed by atoms with Gasteiger partial charge in [-0.05, 0) is 16.7 Å². The summed E-state index contributed by atoms with van der Waals surface area (Å²) < 4.78 is 31.1. The Morgan fingerprint density at radius 1 is 0.463 bits per heavy atom. The molecular weight excluding hydrogens is 537 g/mol. The first-order valence-electron chi connectivity index (χ1n) is 12.8. The van der Waals surface area contributed by atoms with E-state index in [1.54, 1.807) is 54.6 Å². The minimum absolute atomic E-state index is 0. The zero-order valence-corrected chi connectivity index (χ0v) is 24.7. The number of alkyl halides is 3. The van der Waals surface area contributed by atoms with E-state index in [1.165, 1.54) is 36.4 Å². The fourth-order valence-electron chi connectivity index (χ4n) is 1.72. The predicted octanol–water partition coefficient (Wildman–Crippen LogP) is 6.46. The van der Waals surface area contributed by atoms with Crippen LogP contribution in [0.5, 0.6) is 0 Å². The highest BCUT2D eigenvalue weighted by Gasteiger charge is 2.15. The Labute approximate surface area is 244 Å². The molecule has 0 bridgehead atoms. The minimum atomic E-state index is -4.00. The molecule has 3 aromatic carbocycles. The lowest BCUT2D eigenvalue weighted by atomic mass is 10.2. The molecule has 6 nitrogen and oxygen atoms in total. The van der Waals surface area contributed by atoms with Crippen molar-refractivity contribution in [2.75, 3.05) is 0 Å². The summed E-state index contributed by atoms with van der Waals surface area (Å²) in [6, 6.07) is 24.2. The molecule has 0 atom stereocenters. The number of carboxylic acids is 3. The van der Waals surface area contributed by atoms with Crippen molar-refractivity contribution in [2.24, 2.45) is 0 Å². The van der Waals surface area contributed by atoms with E-state index >= 15 is 0 Å². The summed E-state index contributed by atoms with van der Waals surface area (Å²) in [4.78, 5) is 30.3. The lowest BCUT2D eigenvalue weighted by Gasteiger charge is -1.97. The van der Waals surface area contributed by atoms with Gasteiger partial charge in [0.25, 0.3) is 0 Å². The molecule has 41 heavy (non-hydrogen) atoms. The van der Waals surface area contributed by atoms with Gasteiger partial charge in [-0.15, -0.1) is 0 Å². The average molecular weight is 584 g/mol. The number of rotatable bonds is 3. The van der Waals surface area contributed by atoms with Crippen molar-refractivity contribution in [3.63, 3.8) is 0 Å². The number of aromatic carboxylic acids is 3. The van der Waals surface area contributed by atoms with Crippen LogP contribution in [-0.2, 0) is 0 Å². The van der Waals surface area contributed by atoms with E-state index in [1.807, 2.05) is 55.4 Å². The van der Waals surface area contributed by atoms with Crippen LogP contribution in [0.2, 0.25) is 0 Å². The molecule has 0 fully saturated rings. The van der Waals surface area contributed by atoms with E-state index in [4.69, 9.17) is 0 Å². The highest BCUT2D eigenvalue weighted by atomic mass is 19.4. The van der Waals surface area contributed by atoms with E-state index < -0.39 is 24.1 Å². The molecule has 0 amide bonds. The third kappa shape index (κ3) is 40.5. The van der Waals surface area contributed by atoms with Crippen LogP contribution >= 0.6 is 0 Å². The van der Waals surface area contributed by atoms with Crippen molar-refractivity contribution in [1.29, 1.82) is 0 Å². The van der Waals surface area contributed by atoms with Crippen LogP contribution in [0.3, 0.4) is 0 Å². The summed E-state index contributed by atoms with van der Waals surface area (Å²) in [5, 5.41) is 30.3. The second-order valence-electron chi connectivity index (χ2n) is 5.74. The third-order valence-electron chi connectivity index (χ3n) is 3.03. The summed E-state index contributed by atoms with van der Waals surface area (Å²) in [6.45, 7) is 16.2. The molecule has 0 aliphatic carbocycles. The lowest BCUT2D eigenvalue weighted by Crippen LogP contribution is -2.21. The molecule has 0 radical (unpaired) electrons.